The molecule has 2 rings (SSSR count). The van der Waals surface area contributed by atoms with Gasteiger partial charge in [-0.25, -0.2) is 9.37 Å². The Morgan fingerprint density at radius 3 is 2.50 bits per heavy atom. The molecule has 1 heterocycles. The number of hydrogen-bond acceptors (Lipinski definition) is 2. The van der Waals surface area contributed by atoms with Crippen molar-refractivity contribution < 1.29 is 17.6 Å². The van der Waals surface area contributed by atoms with Gasteiger partial charge in [0, 0.05) is 12.1 Å². The van der Waals surface area contributed by atoms with Crippen LogP contribution in [0.25, 0.3) is 10.9 Å². The minimum Gasteiger partial charge on any atom is -0.384 e. The lowest BCUT2D eigenvalue weighted by Crippen LogP contribution is -2.14. The summed E-state index contributed by atoms with van der Waals surface area (Å²) in [6.45, 7) is 3.32. The molecular weight excluding hydrogens is 296 g/mol. The molecule has 20 heavy (non-hydrogen) atoms. The highest BCUT2D eigenvalue weighted by Gasteiger charge is 2.36. The standard InChI is InChI=1S/C13H11ClF4N2/c1-3-19-10-6(2)12(13(16,17)18)20-11-7(14)4-5-8(15)9(10)11/h4-5H,3H2,1-2H3,(H,19,20). The predicted molar refractivity (Wildman–Crippen MR) is 70.6 cm³/mol. The van der Waals surface area contributed by atoms with Crippen LogP contribution in [0.1, 0.15) is 18.2 Å². The zero-order chi connectivity index (χ0) is 15.1. The number of rotatable bonds is 2. The number of aromatic nitrogens is 1. The van der Waals surface area contributed by atoms with Crippen molar-refractivity contribution in [3.8, 4) is 0 Å². The normalized spacial score (nSPS) is 11.9. The number of benzene rings is 1. The molecule has 1 aromatic carbocycles. The number of nitrogens with zero attached hydrogens (tertiary/aromatic N) is 1. The maximum atomic E-state index is 13.9. The molecule has 0 aliphatic rings. The van der Waals surface area contributed by atoms with E-state index in [-0.39, 0.29) is 27.2 Å². The van der Waals surface area contributed by atoms with Crippen LogP contribution in [0.4, 0.5) is 23.2 Å². The molecule has 0 saturated heterocycles. The van der Waals surface area contributed by atoms with E-state index < -0.39 is 17.7 Å². The van der Waals surface area contributed by atoms with Gasteiger partial charge in [-0.1, -0.05) is 11.6 Å². The molecule has 0 radical (unpaired) electrons. The van der Waals surface area contributed by atoms with E-state index in [2.05, 4.69) is 10.3 Å². The molecule has 0 bridgehead atoms. The molecule has 0 amide bonds. The van der Waals surface area contributed by atoms with Crippen molar-refractivity contribution in [3.05, 3.63) is 34.2 Å². The molecule has 0 aliphatic heterocycles. The fourth-order valence-corrected chi connectivity index (χ4v) is 2.26. The van der Waals surface area contributed by atoms with E-state index >= 15 is 0 Å². The first-order valence-corrected chi connectivity index (χ1v) is 6.24. The monoisotopic (exact) mass is 306 g/mol. The summed E-state index contributed by atoms with van der Waals surface area (Å²) in [5, 5.41) is 2.72. The van der Waals surface area contributed by atoms with Gasteiger partial charge in [-0.2, -0.15) is 13.2 Å². The van der Waals surface area contributed by atoms with Crippen LogP contribution >= 0.6 is 11.6 Å². The molecule has 108 valence electrons. The van der Waals surface area contributed by atoms with Crippen LogP contribution in [0, 0.1) is 12.7 Å². The number of halogens is 5. The smallest absolute Gasteiger partial charge is 0.384 e. The maximum Gasteiger partial charge on any atom is 0.433 e. The molecule has 0 atom stereocenters. The SMILES string of the molecule is CCNc1c(C)c(C(F)(F)F)nc2c(Cl)ccc(F)c12. The fourth-order valence-electron chi connectivity index (χ4n) is 2.06. The predicted octanol–water partition coefficient (Wildman–Crippen LogP) is 4.79. The lowest BCUT2D eigenvalue weighted by Gasteiger charge is -2.17. The van der Waals surface area contributed by atoms with Gasteiger partial charge in [0.05, 0.1) is 21.6 Å². The molecule has 0 saturated carbocycles. The third kappa shape index (κ3) is 2.40. The number of anilines is 1. The van der Waals surface area contributed by atoms with Crippen LogP contribution in [-0.2, 0) is 6.18 Å². The van der Waals surface area contributed by atoms with Gasteiger partial charge in [0.1, 0.15) is 11.5 Å². The van der Waals surface area contributed by atoms with Gasteiger partial charge >= 0.3 is 6.18 Å². The summed E-state index contributed by atoms with van der Waals surface area (Å²) < 4.78 is 52.9. The van der Waals surface area contributed by atoms with E-state index in [1.165, 1.54) is 13.0 Å². The second kappa shape index (κ2) is 5.09. The van der Waals surface area contributed by atoms with Crippen LogP contribution in [0.15, 0.2) is 12.1 Å². The second-order valence-electron chi connectivity index (χ2n) is 4.24. The molecule has 1 aromatic heterocycles. The van der Waals surface area contributed by atoms with Gasteiger partial charge in [0.25, 0.3) is 0 Å². The Morgan fingerprint density at radius 2 is 1.95 bits per heavy atom. The van der Waals surface area contributed by atoms with Crippen LogP contribution in [0.5, 0.6) is 0 Å². The lowest BCUT2D eigenvalue weighted by molar-refractivity contribution is -0.141. The average molecular weight is 307 g/mol. The average Bonchev–Trinajstić information content (AvgIpc) is 2.35. The second-order valence-corrected chi connectivity index (χ2v) is 4.65. The third-order valence-corrected chi connectivity index (χ3v) is 3.21. The van der Waals surface area contributed by atoms with Crippen molar-refractivity contribution in [2.75, 3.05) is 11.9 Å². The Hall–Kier alpha value is -1.56. The van der Waals surface area contributed by atoms with E-state index in [0.717, 1.165) is 6.07 Å². The summed E-state index contributed by atoms with van der Waals surface area (Å²) in [5.74, 6) is -0.662. The van der Waals surface area contributed by atoms with Gasteiger partial charge in [-0.05, 0) is 26.0 Å². The zero-order valence-corrected chi connectivity index (χ0v) is 11.5. The van der Waals surface area contributed by atoms with Crippen LogP contribution in [-0.4, -0.2) is 11.5 Å². The molecule has 7 heteroatoms. The first kappa shape index (κ1) is 14.8. The summed E-state index contributed by atoms with van der Waals surface area (Å²) >= 11 is 5.85. The van der Waals surface area contributed by atoms with Crippen LogP contribution < -0.4 is 5.32 Å². The summed E-state index contributed by atoms with van der Waals surface area (Å²) in [7, 11) is 0. The summed E-state index contributed by atoms with van der Waals surface area (Å²) in [4.78, 5) is 3.51. The Labute approximate surface area is 117 Å². The highest BCUT2D eigenvalue weighted by atomic mass is 35.5. The highest BCUT2D eigenvalue weighted by molar-refractivity contribution is 6.35. The number of alkyl halides is 3. The molecule has 2 aromatic rings. The summed E-state index contributed by atoms with van der Waals surface area (Å²) in [5.41, 5.74) is -1.33. The largest absolute Gasteiger partial charge is 0.433 e. The van der Waals surface area contributed by atoms with E-state index in [1.54, 1.807) is 6.92 Å². The molecule has 1 N–H and O–H groups in total. The fraction of sp³-hybridized carbons (Fsp3) is 0.308. The minimum atomic E-state index is -4.63. The molecule has 0 aliphatic carbocycles. The van der Waals surface area contributed by atoms with Crippen molar-refractivity contribution in [1.29, 1.82) is 0 Å². The van der Waals surface area contributed by atoms with Gasteiger partial charge in [0.2, 0.25) is 0 Å². The quantitative estimate of drug-likeness (QED) is 0.807. The Bertz CT molecular complexity index is 668. The molecule has 0 unspecified atom stereocenters. The Morgan fingerprint density at radius 1 is 1.30 bits per heavy atom. The minimum absolute atomic E-state index is 0.0222. The van der Waals surface area contributed by atoms with E-state index in [1.807, 2.05) is 0 Å². The first-order valence-electron chi connectivity index (χ1n) is 5.86. The van der Waals surface area contributed by atoms with Crippen LogP contribution in [0.2, 0.25) is 5.02 Å². The van der Waals surface area contributed by atoms with Gasteiger partial charge in [-0.15, -0.1) is 0 Å². The molecular formula is C13H11ClF4N2. The van der Waals surface area contributed by atoms with Gasteiger partial charge in [0.15, 0.2) is 0 Å². The topological polar surface area (TPSA) is 24.9 Å². The number of fused-ring (bicyclic) bond motifs is 1. The Kier molecular flexibility index (Phi) is 3.77. The highest BCUT2D eigenvalue weighted by Crippen LogP contribution is 2.39. The maximum absolute atomic E-state index is 13.9. The molecule has 2 nitrogen and oxygen atoms in total. The van der Waals surface area contributed by atoms with Crippen molar-refractivity contribution in [3.63, 3.8) is 0 Å². The Balaban J connectivity index is 2.95. The van der Waals surface area contributed by atoms with Crippen molar-refractivity contribution in [2.45, 2.75) is 20.0 Å². The van der Waals surface area contributed by atoms with Crippen molar-refractivity contribution in [1.82, 2.24) is 4.98 Å². The molecule has 0 spiro atoms. The molecule has 0 fully saturated rings. The zero-order valence-electron chi connectivity index (χ0n) is 10.7. The summed E-state index contributed by atoms with van der Waals surface area (Å²) in [6.07, 6.45) is -4.63. The van der Waals surface area contributed by atoms with E-state index in [0.29, 0.717) is 6.54 Å². The van der Waals surface area contributed by atoms with Crippen molar-refractivity contribution >= 4 is 28.2 Å². The summed E-state index contributed by atoms with van der Waals surface area (Å²) in [6, 6.07) is 2.30. The van der Waals surface area contributed by atoms with E-state index in [4.69, 9.17) is 11.6 Å². The number of nitrogens with one attached hydrogen (secondary N) is 1. The number of hydrogen-bond donors (Lipinski definition) is 1. The lowest BCUT2D eigenvalue weighted by atomic mass is 10.1. The third-order valence-electron chi connectivity index (χ3n) is 2.90. The van der Waals surface area contributed by atoms with Crippen LogP contribution in [0.3, 0.4) is 0 Å². The van der Waals surface area contributed by atoms with Gasteiger partial charge < -0.3 is 5.32 Å². The number of pyridine rings is 1. The first-order chi connectivity index (χ1) is 9.27. The van der Waals surface area contributed by atoms with Crippen molar-refractivity contribution in [2.24, 2.45) is 0 Å². The van der Waals surface area contributed by atoms with E-state index in [9.17, 15) is 17.6 Å². The van der Waals surface area contributed by atoms with Gasteiger partial charge in [-0.3, -0.25) is 0 Å².